The van der Waals surface area contributed by atoms with Gasteiger partial charge in [0.25, 0.3) is 5.56 Å². The molecule has 0 atom stereocenters. The molecule has 10 heteroatoms. The van der Waals surface area contributed by atoms with Crippen LogP contribution in [0.2, 0.25) is 0 Å². The Morgan fingerprint density at radius 1 is 1.08 bits per heavy atom. The van der Waals surface area contributed by atoms with E-state index >= 15 is 0 Å². The lowest BCUT2D eigenvalue weighted by Gasteiger charge is -2.16. The lowest BCUT2D eigenvalue weighted by Crippen LogP contribution is -2.29. The molecule has 37 heavy (non-hydrogen) atoms. The second kappa shape index (κ2) is 9.78. The first-order valence-electron chi connectivity index (χ1n) is 11.3. The van der Waals surface area contributed by atoms with Crippen LogP contribution in [-0.2, 0) is 19.3 Å². The van der Waals surface area contributed by atoms with Gasteiger partial charge in [0.1, 0.15) is 23.4 Å². The minimum Gasteiger partial charge on any atom is -0.487 e. The van der Waals surface area contributed by atoms with Gasteiger partial charge >= 0.3 is 6.18 Å². The zero-order valence-electron chi connectivity index (χ0n) is 19.9. The van der Waals surface area contributed by atoms with Crippen LogP contribution in [0.3, 0.4) is 0 Å². The first-order chi connectivity index (χ1) is 17.7. The SMILES string of the molecule is Cc1cc(-c2cscn2)c2cccc(OCc3c(C)ccnc3Cn3cccc(C(F)(F)F)c3=O)c2n1. The van der Waals surface area contributed by atoms with Gasteiger partial charge in [0.2, 0.25) is 0 Å². The molecule has 0 unspecified atom stereocenters. The summed E-state index contributed by atoms with van der Waals surface area (Å²) in [6.45, 7) is 3.75. The zero-order valence-corrected chi connectivity index (χ0v) is 20.7. The molecule has 0 aliphatic rings. The first-order valence-corrected chi connectivity index (χ1v) is 12.3. The van der Waals surface area contributed by atoms with Gasteiger partial charge in [-0.3, -0.25) is 9.78 Å². The van der Waals surface area contributed by atoms with E-state index in [9.17, 15) is 18.0 Å². The third kappa shape index (κ3) is 4.97. The van der Waals surface area contributed by atoms with Gasteiger partial charge in [-0.15, -0.1) is 11.3 Å². The number of aromatic nitrogens is 4. The largest absolute Gasteiger partial charge is 0.487 e. The first kappa shape index (κ1) is 24.6. The molecule has 0 aliphatic heterocycles. The summed E-state index contributed by atoms with van der Waals surface area (Å²) in [6.07, 6.45) is -1.84. The third-order valence-electron chi connectivity index (χ3n) is 6.04. The normalized spacial score (nSPS) is 11.7. The molecule has 5 rings (SSSR count). The molecule has 0 saturated heterocycles. The number of hydrogen-bond donors (Lipinski definition) is 0. The van der Waals surface area contributed by atoms with Gasteiger partial charge in [-0.25, -0.2) is 9.97 Å². The fourth-order valence-electron chi connectivity index (χ4n) is 4.19. The van der Waals surface area contributed by atoms with Crippen LogP contribution in [0, 0.1) is 13.8 Å². The summed E-state index contributed by atoms with van der Waals surface area (Å²) in [5.74, 6) is 0.558. The molecule has 0 saturated carbocycles. The number of halogens is 3. The van der Waals surface area contributed by atoms with Crippen LogP contribution >= 0.6 is 11.3 Å². The van der Waals surface area contributed by atoms with Gasteiger partial charge in [0, 0.05) is 40.0 Å². The van der Waals surface area contributed by atoms with Crippen LogP contribution in [0.5, 0.6) is 5.75 Å². The highest BCUT2D eigenvalue weighted by molar-refractivity contribution is 7.07. The summed E-state index contributed by atoms with van der Waals surface area (Å²) in [6, 6.07) is 11.4. The van der Waals surface area contributed by atoms with Gasteiger partial charge in [0.15, 0.2) is 0 Å². The third-order valence-corrected chi connectivity index (χ3v) is 6.62. The van der Waals surface area contributed by atoms with E-state index in [1.54, 1.807) is 17.8 Å². The minimum absolute atomic E-state index is 0.101. The maximum atomic E-state index is 13.2. The summed E-state index contributed by atoms with van der Waals surface area (Å²) in [4.78, 5) is 26.0. The van der Waals surface area contributed by atoms with Crippen molar-refractivity contribution in [2.75, 3.05) is 0 Å². The lowest BCUT2D eigenvalue weighted by molar-refractivity contribution is -0.138. The average Bonchev–Trinajstić information content (AvgIpc) is 3.39. The molecule has 0 fully saturated rings. The Morgan fingerprint density at radius 3 is 2.68 bits per heavy atom. The van der Waals surface area contributed by atoms with Crippen molar-refractivity contribution in [1.29, 1.82) is 0 Å². The van der Waals surface area contributed by atoms with Crippen molar-refractivity contribution in [3.8, 4) is 17.0 Å². The summed E-state index contributed by atoms with van der Waals surface area (Å²) in [5.41, 5.74) is 4.74. The summed E-state index contributed by atoms with van der Waals surface area (Å²) in [5, 5.41) is 2.87. The second-order valence-electron chi connectivity index (χ2n) is 8.53. The maximum Gasteiger partial charge on any atom is 0.421 e. The number of aryl methyl sites for hydroxylation is 2. The van der Waals surface area contributed by atoms with Crippen molar-refractivity contribution in [1.82, 2.24) is 19.5 Å². The Bertz CT molecular complexity index is 1650. The number of alkyl halides is 3. The lowest BCUT2D eigenvalue weighted by atomic mass is 10.0. The van der Waals surface area contributed by atoms with Gasteiger partial charge in [0.05, 0.1) is 23.4 Å². The smallest absolute Gasteiger partial charge is 0.421 e. The predicted octanol–water partition coefficient (Wildman–Crippen LogP) is 6.18. The number of benzene rings is 1. The Kier molecular flexibility index (Phi) is 6.51. The quantitative estimate of drug-likeness (QED) is 0.266. The van der Waals surface area contributed by atoms with Gasteiger partial charge < -0.3 is 9.30 Å². The Balaban J connectivity index is 1.49. The predicted molar refractivity (Wildman–Crippen MR) is 136 cm³/mol. The highest BCUT2D eigenvalue weighted by Crippen LogP contribution is 2.33. The minimum atomic E-state index is -4.73. The Hall–Kier alpha value is -4.05. The van der Waals surface area contributed by atoms with Crippen molar-refractivity contribution >= 4 is 22.2 Å². The number of thiazole rings is 1. The topological polar surface area (TPSA) is 69.9 Å². The van der Waals surface area contributed by atoms with Crippen molar-refractivity contribution in [3.05, 3.63) is 104 Å². The summed E-state index contributed by atoms with van der Waals surface area (Å²) in [7, 11) is 0. The van der Waals surface area contributed by atoms with Crippen LogP contribution in [0.1, 0.15) is 28.1 Å². The van der Waals surface area contributed by atoms with Crippen molar-refractivity contribution < 1.29 is 17.9 Å². The van der Waals surface area contributed by atoms with E-state index in [-0.39, 0.29) is 13.2 Å². The standard InChI is InChI=1S/C27H21F3N4O2S/c1-16-8-9-31-22(12-34-10-4-6-21(26(34)35)27(28,29)30)20(16)13-36-24-7-3-5-18-19(23-14-37-15-32-23)11-17(2)33-25(18)24/h3-11,14-15H,12-13H2,1-2H3. The fourth-order valence-corrected chi connectivity index (χ4v) is 4.74. The Labute approximate surface area is 214 Å². The molecule has 4 heterocycles. The maximum absolute atomic E-state index is 13.2. The number of fused-ring (bicyclic) bond motifs is 1. The molecule has 5 aromatic rings. The van der Waals surface area contributed by atoms with E-state index < -0.39 is 17.3 Å². The number of rotatable bonds is 6. The van der Waals surface area contributed by atoms with Gasteiger partial charge in [-0.1, -0.05) is 12.1 Å². The van der Waals surface area contributed by atoms with Gasteiger partial charge in [-0.2, -0.15) is 13.2 Å². The monoisotopic (exact) mass is 522 g/mol. The summed E-state index contributed by atoms with van der Waals surface area (Å²) < 4.78 is 46.9. The van der Waals surface area contributed by atoms with E-state index in [0.29, 0.717) is 22.5 Å². The van der Waals surface area contributed by atoms with Crippen molar-refractivity contribution in [2.24, 2.45) is 0 Å². The molecule has 0 amide bonds. The van der Waals surface area contributed by atoms with E-state index in [1.165, 1.54) is 23.6 Å². The van der Waals surface area contributed by atoms with Crippen LogP contribution in [0.15, 0.2) is 70.5 Å². The number of hydrogen-bond acceptors (Lipinski definition) is 6. The second-order valence-corrected chi connectivity index (χ2v) is 9.25. The molecule has 0 aliphatic carbocycles. The van der Waals surface area contributed by atoms with E-state index in [1.807, 2.05) is 43.5 Å². The molecule has 0 N–H and O–H groups in total. The molecule has 0 radical (unpaired) electrons. The van der Waals surface area contributed by atoms with Crippen LogP contribution in [0.25, 0.3) is 22.2 Å². The molecule has 0 spiro atoms. The van der Waals surface area contributed by atoms with Crippen LogP contribution in [-0.4, -0.2) is 19.5 Å². The van der Waals surface area contributed by atoms with Crippen molar-refractivity contribution in [2.45, 2.75) is 33.2 Å². The average molecular weight is 523 g/mol. The number of pyridine rings is 3. The number of para-hydroxylation sites is 1. The molecule has 188 valence electrons. The fraction of sp³-hybridized carbons (Fsp3) is 0.185. The molecule has 0 bridgehead atoms. The molecular formula is C27H21F3N4O2S. The molecule has 6 nitrogen and oxygen atoms in total. The number of ether oxygens (including phenoxy) is 1. The van der Waals surface area contributed by atoms with Crippen molar-refractivity contribution in [3.63, 3.8) is 0 Å². The summed E-state index contributed by atoms with van der Waals surface area (Å²) >= 11 is 1.51. The van der Waals surface area contributed by atoms with Crippen LogP contribution < -0.4 is 10.3 Å². The highest BCUT2D eigenvalue weighted by Gasteiger charge is 2.34. The molecule has 4 aromatic heterocycles. The van der Waals surface area contributed by atoms with E-state index in [4.69, 9.17) is 9.72 Å². The highest BCUT2D eigenvalue weighted by atomic mass is 32.1. The molecular weight excluding hydrogens is 501 g/mol. The van der Waals surface area contributed by atoms with E-state index in [2.05, 4.69) is 9.97 Å². The zero-order chi connectivity index (χ0) is 26.2. The van der Waals surface area contributed by atoms with Crippen LogP contribution in [0.4, 0.5) is 13.2 Å². The van der Waals surface area contributed by atoms with Gasteiger partial charge in [-0.05, 0) is 49.7 Å². The Morgan fingerprint density at radius 2 is 1.92 bits per heavy atom. The molecule has 1 aromatic carbocycles. The van der Waals surface area contributed by atoms with E-state index in [0.717, 1.165) is 38.5 Å². The number of nitrogens with zero attached hydrogens (tertiary/aromatic N) is 4.